The first-order valence-electron chi connectivity index (χ1n) is 6.51. The summed E-state index contributed by atoms with van der Waals surface area (Å²) in [6.07, 6.45) is 0.930. The number of rotatable bonds is 2. The monoisotopic (exact) mass is 287 g/mol. The number of aromatic carboxylic acids is 1. The molecule has 2 N–H and O–H groups in total. The van der Waals surface area contributed by atoms with Crippen molar-refractivity contribution in [3.63, 3.8) is 0 Å². The van der Waals surface area contributed by atoms with Gasteiger partial charge in [0.1, 0.15) is 0 Å². The van der Waals surface area contributed by atoms with Crippen molar-refractivity contribution in [3.05, 3.63) is 58.1 Å². The second-order valence-electron chi connectivity index (χ2n) is 4.90. The lowest BCUT2D eigenvalue weighted by molar-refractivity contribution is 0.0697. The number of fused-ring (bicyclic) bond motifs is 1. The second-order valence-corrected chi connectivity index (χ2v) is 5.34. The van der Waals surface area contributed by atoms with Crippen LogP contribution in [0.4, 0.5) is 0 Å². The Hall–Kier alpha value is -1.84. The van der Waals surface area contributed by atoms with E-state index in [1.165, 1.54) is 11.1 Å². The summed E-state index contributed by atoms with van der Waals surface area (Å²) in [6, 6.07) is 10.9. The molecule has 2 aromatic carbocycles. The fourth-order valence-electron chi connectivity index (χ4n) is 2.66. The van der Waals surface area contributed by atoms with Crippen LogP contribution in [0.5, 0.6) is 0 Å². The molecule has 0 aromatic heterocycles. The van der Waals surface area contributed by atoms with Gasteiger partial charge in [0.05, 0.1) is 5.56 Å². The molecule has 0 saturated carbocycles. The van der Waals surface area contributed by atoms with Gasteiger partial charge in [0, 0.05) is 11.6 Å². The number of hydrogen-bond donors (Lipinski definition) is 2. The predicted octanol–water partition coefficient (Wildman–Crippen LogP) is 3.35. The molecule has 1 aliphatic heterocycles. The summed E-state index contributed by atoms with van der Waals surface area (Å²) in [5.74, 6) is -0.913. The lowest BCUT2D eigenvalue weighted by Gasteiger charge is -2.21. The fourth-order valence-corrected chi connectivity index (χ4v) is 2.90. The maximum absolute atomic E-state index is 11.1. The fraction of sp³-hybridized carbons (Fsp3) is 0.188. The first-order chi connectivity index (χ1) is 9.65. The SMILES string of the molecule is O=C(O)c1cccc(-c2cc(Cl)cc3c2CCNC3)c1. The van der Waals surface area contributed by atoms with Crippen molar-refractivity contribution in [2.24, 2.45) is 0 Å². The van der Waals surface area contributed by atoms with E-state index in [1.54, 1.807) is 18.2 Å². The molecule has 0 atom stereocenters. The number of nitrogens with one attached hydrogen (secondary N) is 1. The van der Waals surface area contributed by atoms with Crippen LogP contribution in [0.3, 0.4) is 0 Å². The Kier molecular flexibility index (Phi) is 3.47. The van der Waals surface area contributed by atoms with Gasteiger partial charge in [-0.3, -0.25) is 0 Å². The highest BCUT2D eigenvalue weighted by Gasteiger charge is 2.16. The van der Waals surface area contributed by atoms with Crippen LogP contribution >= 0.6 is 11.6 Å². The average Bonchev–Trinajstić information content (AvgIpc) is 2.46. The van der Waals surface area contributed by atoms with E-state index in [0.29, 0.717) is 10.6 Å². The summed E-state index contributed by atoms with van der Waals surface area (Å²) in [6.45, 7) is 1.74. The molecule has 1 aliphatic rings. The molecule has 0 aliphatic carbocycles. The molecule has 0 amide bonds. The number of halogens is 1. The van der Waals surface area contributed by atoms with Gasteiger partial charge in [0.25, 0.3) is 0 Å². The van der Waals surface area contributed by atoms with E-state index in [9.17, 15) is 4.79 Å². The summed E-state index contributed by atoms with van der Waals surface area (Å²) in [7, 11) is 0. The Bertz CT molecular complexity index is 682. The average molecular weight is 288 g/mol. The molecular weight excluding hydrogens is 274 g/mol. The quantitative estimate of drug-likeness (QED) is 0.890. The molecule has 1 heterocycles. The van der Waals surface area contributed by atoms with Gasteiger partial charge in [-0.05, 0) is 59.5 Å². The largest absolute Gasteiger partial charge is 0.478 e. The van der Waals surface area contributed by atoms with E-state index >= 15 is 0 Å². The number of carboxylic acids is 1. The van der Waals surface area contributed by atoms with Gasteiger partial charge in [-0.25, -0.2) is 4.79 Å². The van der Waals surface area contributed by atoms with Crippen LogP contribution in [0.25, 0.3) is 11.1 Å². The summed E-state index contributed by atoms with van der Waals surface area (Å²) < 4.78 is 0. The Balaban J connectivity index is 2.16. The van der Waals surface area contributed by atoms with E-state index < -0.39 is 5.97 Å². The van der Waals surface area contributed by atoms with E-state index in [1.807, 2.05) is 18.2 Å². The minimum atomic E-state index is -0.913. The third-order valence-corrected chi connectivity index (χ3v) is 3.81. The van der Waals surface area contributed by atoms with Gasteiger partial charge in [-0.15, -0.1) is 0 Å². The summed E-state index contributed by atoms with van der Waals surface area (Å²) in [5.41, 5.74) is 4.70. The minimum absolute atomic E-state index is 0.296. The lowest BCUT2D eigenvalue weighted by Crippen LogP contribution is -2.24. The lowest BCUT2D eigenvalue weighted by atomic mass is 9.91. The molecule has 0 spiro atoms. The van der Waals surface area contributed by atoms with Gasteiger partial charge in [-0.2, -0.15) is 0 Å². The normalized spacial score (nSPS) is 13.8. The van der Waals surface area contributed by atoms with Crippen LogP contribution in [0.2, 0.25) is 5.02 Å². The van der Waals surface area contributed by atoms with E-state index in [2.05, 4.69) is 5.32 Å². The first kappa shape index (κ1) is 13.2. The Morgan fingerprint density at radius 1 is 1.25 bits per heavy atom. The zero-order valence-corrected chi connectivity index (χ0v) is 11.6. The second kappa shape index (κ2) is 5.27. The number of carbonyl (C=O) groups is 1. The first-order valence-corrected chi connectivity index (χ1v) is 6.88. The number of hydrogen-bond acceptors (Lipinski definition) is 2. The predicted molar refractivity (Wildman–Crippen MR) is 79.3 cm³/mol. The van der Waals surface area contributed by atoms with Crippen LogP contribution in [0.15, 0.2) is 36.4 Å². The number of benzene rings is 2. The Labute approximate surface area is 122 Å². The van der Waals surface area contributed by atoms with E-state index in [-0.39, 0.29) is 0 Å². The molecule has 3 rings (SSSR count). The standard InChI is InChI=1S/C16H14ClNO2/c17-13-7-12-9-18-5-4-14(12)15(8-13)10-2-1-3-11(6-10)16(19)20/h1-3,6-8,18H,4-5,9H2,(H,19,20). The Morgan fingerprint density at radius 3 is 2.90 bits per heavy atom. The summed E-state index contributed by atoms with van der Waals surface area (Å²) in [5, 5.41) is 13.1. The van der Waals surface area contributed by atoms with Gasteiger partial charge in [0.2, 0.25) is 0 Å². The molecule has 4 heteroatoms. The van der Waals surface area contributed by atoms with Crippen molar-refractivity contribution in [2.45, 2.75) is 13.0 Å². The smallest absolute Gasteiger partial charge is 0.335 e. The van der Waals surface area contributed by atoms with Crippen LogP contribution < -0.4 is 5.32 Å². The Morgan fingerprint density at radius 2 is 2.10 bits per heavy atom. The minimum Gasteiger partial charge on any atom is -0.478 e. The summed E-state index contributed by atoms with van der Waals surface area (Å²) in [4.78, 5) is 11.1. The molecule has 102 valence electrons. The van der Waals surface area contributed by atoms with Gasteiger partial charge >= 0.3 is 5.97 Å². The zero-order valence-electron chi connectivity index (χ0n) is 10.8. The van der Waals surface area contributed by atoms with Gasteiger partial charge in [-0.1, -0.05) is 23.7 Å². The van der Waals surface area contributed by atoms with Crippen molar-refractivity contribution in [2.75, 3.05) is 6.54 Å². The zero-order chi connectivity index (χ0) is 14.1. The summed E-state index contributed by atoms with van der Waals surface area (Å²) >= 11 is 6.19. The topological polar surface area (TPSA) is 49.3 Å². The third kappa shape index (κ3) is 2.42. The van der Waals surface area contributed by atoms with E-state index in [4.69, 9.17) is 16.7 Å². The van der Waals surface area contributed by atoms with Crippen molar-refractivity contribution in [3.8, 4) is 11.1 Å². The molecule has 2 aromatic rings. The van der Waals surface area contributed by atoms with Crippen LogP contribution in [0, 0.1) is 0 Å². The number of carboxylic acid groups (broad SMARTS) is 1. The third-order valence-electron chi connectivity index (χ3n) is 3.59. The molecule has 0 bridgehead atoms. The van der Waals surface area contributed by atoms with Crippen molar-refractivity contribution < 1.29 is 9.90 Å². The van der Waals surface area contributed by atoms with E-state index in [0.717, 1.165) is 30.6 Å². The van der Waals surface area contributed by atoms with Crippen LogP contribution in [-0.2, 0) is 13.0 Å². The molecule has 3 nitrogen and oxygen atoms in total. The highest BCUT2D eigenvalue weighted by molar-refractivity contribution is 6.31. The molecule has 0 radical (unpaired) electrons. The van der Waals surface area contributed by atoms with Crippen LogP contribution in [-0.4, -0.2) is 17.6 Å². The van der Waals surface area contributed by atoms with Gasteiger partial charge < -0.3 is 10.4 Å². The highest BCUT2D eigenvalue weighted by atomic mass is 35.5. The van der Waals surface area contributed by atoms with Crippen LogP contribution in [0.1, 0.15) is 21.5 Å². The molecular formula is C16H14ClNO2. The molecule has 0 unspecified atom stereocenters. The molecule has 0 fully saturated rings. The van der Waals surface area contributed by atoms with Crippen molar-refractivity contribution >= 4 is 17.6 Å². The maximum Gasteiger partial charge on any atom is 0.335 e. The molecule has 0 saturated heterocycles. The highest BCUT2D eigenvalue weighted by Crippen LogP contribution is 2.32. The maximum atomic E-state index is 11.1. The van der Waals surface area contributed by atoms with Gasteiger partial charge in [0.15, 0.2) is 0 Å². The van der Waals surface area contributed by atoms with Crippen molar-refractivity contribution in [1.82, 2.24) is 5.32 Å². The molecule has 20 heavy (non-hydrogen) atoms. The van der Waals surface area contributed by atoms with Crippen molar-refractivity contribution in [1.29, 1.82) is 0 Å².